The van der Waals surface area contributed by atoms with E-state index in [2.05, 4.69) is 61.6 Å². The van der Waals surface area contributed by atoms with E-state index in [1.54, 1.807) is 0 Å². The highest BCUT2D eigenvalue weighted by Crippen LogP contribution is 2.17. The van der Waals surface area contributed by atoms with Gasteiger partial charge in [0.15, 0.2) is 0 Å². The highest BCUT2D eigenvalue weighted by Gasteiger charge is 2.23. The smallest absolute Gasteiger partial charge is 0.320 e. The molecule has 0 spiro atoms. The van der Waals surface area contributed by atoms with E-state index in [1.807, 2.05) is 20.8 Å². The van der Waals surface area contributed by atoms with Crippen LogP contribution in [0.3, 0.4) is 0 Å². The van der Waals surface area contributed by atoms with Crippen molar-refractivity contribution in [3.8, 4) is 0 Å². The van der Waals surface area contributed by atoms with Crippen molar-refractivity contribution < 1.29 is 9.53 Å². The molecule has 0 aliphatic carbocycles. The van der Waals surface area contributed by atoms with Gasteiger partial charge in [-0.2, -0.15) is 0 Å². The Morgan fingerprint density at radius 1 is 0.700 bits per heavy atom. The van der Waals surface area contributed by atoms with Gasteiger partial charge in [0, 0.05) is 65.4 Å². The molecule has 1 aliphatic rings. The molecule has 0 radical (unpaired) electrons. The molecular formula is C24H50N4O2. The van der Waals surface area contributed by atoms with Crippen molar-refractivity contribution in [2.75, 3.05) is 72.0 Å². The van der Waals surface area contributed by atoms with E-state index in [-0.39, 0.29) is 11.4 Å². The fraction of sp³-hybridized carbons (Fsp3) is 0.958. The molecule has 0 atom stereocenters. The lowest BCUT2D eigenvalue weighted by molar-refractivity contribution is -0.156. The molecule has 1 saturated heterocycles. The number of esters is 1. The van der Waals surface area contributed by atoms with Gasteiger partial charge in [-0.15, -0.1) is 0 Å². The van der Waals surface area contributed by atoms with E-state index in [4.69, 9.17) is 4.74 Å². The molecule has 0 amide bonds. The first kappa shape index (κ1) is 27.3. The van der Waals surface area contributed by atoms with Crippen LogP contribution in [0.2, 0.25) is 0 Å². The van der Waals surface area contributed by atoms with E-state index >= 15 is 0 Å². The van der Waals surface area contributed by atoms with E-state index in [9.17, 15) is 4.79 Å². The van der Waals surface area contributed by atoms with Crippen LogP contribution in [-0.2, 0) is 9.53 Å². The minimum absolute atomic E-state index is 0.131. The Hall–Kier alpha value is -0.690. The van der Waals surface area contributed by atoms with Crippen LogP contribution >= 0.6 is 0 Å². The second-order valence-corrected chi connectivity index (χ2v) is 12.3. The maximum atomic E-state index is 12.4. The molecule has 0 aromatic carbocycles. The van der Waals surface area contributed by atoms with Crippen molar-refractivity contribution in [2.45, 2.75) is 67.9 Å². The van der Waals surface area contributed by atoms with Crippen LogP contribution in [0, 0.1) is 10.8 Å². The number of ether oxygens (including phenoxy) is 1. The SMILES string of the molecule is CC(C)(C)CN1CCNCCN(CC(=O)OC(C)(C)C)CCN(CC(C)(C)C)CC1. The number of hydrogen-bond acceptors (Lipinski definition) is 6. The van der Waals surface area contributed by atoms with Crippen LogP contribution in [0.5, 0.6) is 0 Å². The molecule has 1 rings (SSSR count). The van der Waals surface area contributed by atoms with Gasteiger partial charge in [0.1, 0.15) is 5.60 Å². The Morgan fingerprint density at radius 2 is 1.10 bits per heavy atom. The standard InChI is InChI=1S/C24H50N4O2/c1-22(2,3)19-27-13-11-25-10-12-26(18-21(29)30-24(7,8)9)14-15-28(17-16-27)20-23(4,5)6/h25H,10-20H2,1-9H3. The predicted octanol–water partition coefficient (Wildman–Crippen LogP) is 2.93. The zero-order chi connectivity index (χ0) is 23.0. The summed E-state index contributed by atoms with van der Waals surface area (Å²) in [6.45, 7) is 30.0. The quantitative estimate of drug-likeness (QED) is 0.698. The molecule has 6 nitrogen and oxygen atoms in total. The average molecular weight is 427 g/mol. The molecule has 1 heterocycles. The number of rotatable bonds is 4. The maximum absolute atomic E-state index is 12.4. The average Bonchev–Trinajstić information content (AvgIpc) is 2.50. The summed E-state index contributed by atoms with van der Waals surface area (Å²) < 4.78 is 5.56. The Morgan fingerprint density at radius 3 is 1.53 bits per heavy atom. The van der Waals surface area contributed by atoms with Gasteiger partial charge in [0.25, 0.3) is 0 Å². The molecule has 0 unspecified atom stereocenters. The summed E-state index contributed by atoms with van der Waals surface area (Å²) in [4.78, 5) is 19.8. The minimum atomic E-state index is -0.434. The monoisotopic (exact) mass is 426 g/mol. The van der Waals surface area contributed by atoms with Gasteiger partial charge in [-0.25, -0.2) is 0 Å². The largest absolute Gasteiger partial charge is 0.459 e. The van der Waals surface area contributed by atoms with Crippen LogP contribution in [0.25, 0.3) is 0 Å². The Bertz CT molecular complexity index is 503. The van der Waals surface area contributed by atoms with Crippen molar-refractivity contribution >= 4 is 5.97 Å². The first-order valence-electron chi connectivity index (χ1n) is 11.7. The van der Waals surface area contributed by atoms with Crippen molar-refractivity contribution in [3.05, 3.63) is 0 Å². The second kappa shape index (κ2) is 11.8. The molecule has 30 heavy (non-hydrogen) atoms. The highest BCUT2D eigenvalue weighted by atomic mass is 16.6. The van der Waals surface area contributed by atoms with Gasteiger partial charge in [-0.05, 0) is 31.6 Å². The summed E-state index contributed by atoms with van der Waals surface area (Å²) in [6.07, 6.45) is 0. The molecular weight excluding hydrogens is 376 g/mol. The van der Waals surface area contributed by atoms with Crippen molar-refractivity contribution in [2.24, 2.45) is 10.8 Å². The maximum Gasteiger partial charge on any atom is 0.320 e. The molecule has 0 bridgehead atoms. The molecule has 1 aliphatic heterocycles. The third-order valence-electron chi connectivity index (χ3n) is 4.84. The van der Waals surface area contributed by atoms with Crippen LogP contribution in [0.15, 0.2) is 0 Å². The van der Waals surface area contributed by atoms with Crippen LogP contribution in [-0.4, -0.2) is 98.3 Å². The number of carbonyl (C=O) groups is 1. The van der Waals surface area contributed by atoms with Crippen LogP contribution in [0.4, 0.5) is 0 Å². The zero-order valence-electron chi connectivity index (χ0n) is 21.4. The molecule has 0 saturated carbocycles. The van der Waals surface area contributed by atoms with Crippen molar-refractivity contribution in [3.63, 3.8) is 0 Å². The van der Waals surface area contributed by atoms with Gasteiger partial charge in [-0.1, -0.05) is 41.5 Å². The predicted molar refractivity (Wildman–Crippen MR) is 127 cm³/mol. The Labute approximate surface area is 186 Å². The fourth-order valence-corrected chi connectivity index (χ4v) is 3.87. The molecule has 1 N–H and O–H groups in total. The topological polar surface area (TPSA) is 48.1 Å². The first-order chi connectivity index (χ1) is 13.6. The summed E-state index contributed by atoms with van der Waals surface area (Å²) >= 11 is 0. The van der Waals surface area contributed by atoms with Gasteiger partial charge >= 0.3 is 5.97 Å². The van der Waals surface area contributed by atoms with Crippen LogP contribution in [0.1, 0.15) is 62.3 Å². The van der Waals surface area contributed by atoms with E-state index in [0.29, 0.717) is 12.0 Å². The summed E-state index contributed by atoms with van der Waals surface area (Å²) in [5.41, 5.74) is 0.121. The molecule has 0 aromatic heterocycles. The Balaban J connectivity index is 2.79. The van der Waals surface area contributed by atoms with E-state index in [0.717, 1.165) is 65.4 Å². The summed E-state index contributed by atoms with van der Waals surface area (Å²) in [5, 5.41) is 3.57. The van der Waals surface area contributed by atoms with Gasteiger partial charge in [0.2, 0.25) is 0 Å². The molecule has 6 heteroatoms. The number of carbonyl (C=O) groups excluding carboxylic acids is 1. The molecule has 0 aromatic rings. The minimum Gasteiger partial charge on any atom is -0.459 e. The second-order valence-electron chi connectivity index (χ2n) is 12.3. The number of nitrogens with one attached hydrogen (secondary N) is 1. The van der Waals surface area contributed by atoms with Gasteiger partial charge < -0.3 is 19.9 Å². The van der Waals surface area contributed by atoms with Crippen molar-refractivity contribution in [1.29, 1.82) is 0 Å². The summed E-state index contributed by atoms with van der Waals surface area (Å²) in [5.74, 6) is -0.131. The normalized spacial score (nSPS) is 20.4. The lowest BCUT2D eigenvalue weighted by Crippen LogP contribution is -2.48. The lowest BCUT2D eigenvalue weighted by Gasteiger charge is -2.36. The number of hydrogen-bond donors (Lipinski definition) is 1. The molecule has 1 fully saturated rings. The van der Waals surface area contributed by atoms with E-state index in [1.165, 1.54) is 0 Å². The third-order valence-corrected chi connectivity index (χ3v) is 4.84. The lowest BCUT2D eigenvalue weighted by atomic mass is 9.95. The third kappa shape index (κ3) is 14.3. The Kier molecular flexibility index (Phi) is 10.8. The number of nitrogens with zero attached hydrogens (tertiary/aromatic N) is 3. The van der Waals surface area contributed by atoms with Crippen molar-refractivity contribution in [1.82, 2.24) is 20.0 Å². The van der Waals surface area contributed by atoms with Gasteiger partial charge in [0.05, 0.1) is 6.54 Å². The summed E-state index contributed by atoms with van der Waals surface area (Å²) in [6, 6.07) is 0. The zero-order valence-corrected chi connectivity index (χ0v) is 21.4. The highest BCUT2D eigenvalue weighted by molar-refractivity contribution is 5.72. The summed E-state index contributed by atoms with van der Waals surface area (Å²) in [7, 11) is 0. The first-order valence-corrected chi connectivity index (χ1v) is 11.7. The fourth-order valence-electron chi connectivity index (χ4n) is 3.87. The van der Waals surface area contributed by atoms with Crippen LogP contribution < -0.4 is 5.32 Å². The van der Waals surface area contributed by atoms with E-state index < -0.39 is 5.60 Å². The van der Waals surface area contributed by atoms with Gasteiger partial charge in [-0.3, -0.25) is 9.69 Å². The molecule has 178 valence electrons.